The molecule has 0 bridgehead atoms. The van der Waals surface area contributed by atoms with Crippen molar-refractivity contribution in [3.05, 3.63) is 60.5 Å². The number of nitrogens with one attached hydrogen (secondary N) is 3. The van der Waals surface area contributed by atoms with Crippen molar-refractivity contribution in [2.45, 2.75) is 18.9 Å². The highest BCUT2D eigenvalue weighted by atomic mass is 32.1. The normalized spacial score (nSPS) is 14.6. The number of ether oxygens (including phenoxy) is 1. The lowest BCUT2D eigenvalue weighted by Crippen LogP contribution is -2.34. The number of rotatable bonds is 5. The van der Waals surface area contributed by atoms with Crippen LogP contribution in [0, 0.1) is 0 Å². The van der Waals surface area contributed by atoms with Crippen LogP contribution in [-0.4, -0.2) is 54.3 Å². The van der Waals surface area contributed by atoms with Gasteiger partial charge in [-0.2, -0.15) is 5.10 Å². The quantitative estimate of drug-likeness (QED) is 0.315. The summed E-state index contributed by atoms with van der Waals surface area (Å²) in [7, 11) is 0. The minimum atomic E-state index is 0.214. The van der Waals surface area contributed by atoms with E-state index < -0.39 is 0 Å². The molecule has 178 valence electrons. The van der Waals surface area contributed by atoms with Crippen molar-refractivity contribution in [2.75, 3.05) is 13.1 Å². The van der Waals surface area contributed by atoms with E-state index in [1.54, 1.807) is 23.7 Å². The number of pyridine rings is 3. The predicted octanol–water partition coefficient (Wildman–Crippen LogP) is 4.82. The Morgan fingerprint density at radius 3 is 2.81 bits per heavy atom. The van der Waals surface area contributed by atoms with Crippen LogP contribution in [0.5, 0.6) is 5.75 Å². The third kappa shape index (κ3) is 3.80. The van der Waals surface area contributed by atoms with Crippen LogP contribution in [0.25, 0.3) is 55.3 Å². The number of hydrogen-bond acceptors (Lipinski definition) is 8. The zero-order valence-electron chi connectivity index (χ0n) is 19.2. The SMILES string of the molecule is c1csc(-c2nccc3[nH]c(-c4[nH]nc5ncc(-c6cncc(OC7CCNCC7)c6)cc45)nc23)c1. The van der Waals surface area contributed by atoms with Crippen LogP contribution in [0.3, 0.4) is 0 Å². The number of fused-ring (bicyclic) bond motifs is 2. The average molecular weight is 495 g/mol. The second-order valence-corrected chi connectivity index (χ2v) is 9.74. The Balaban J connectivity index is 1.26. The maximum atomic E-state index is 6.20. The molecule has 7 rings (SSSR count). The molecule has 1 saturated heterocycles. The lowest BCUT2D eigenvalue weighted by Gasteiger charge is -2.23. The Kier molecular flexibility index (Phi) is 5.18. The molecule has 0 aliphatic carbocycles. The summed E-state index contributed by atoms with van der Waals surface area (Å²) in [4.78, 5) is 23.0. The third-order valence-corrected chi connectivity index (χ3v) is 7.31. The maximum Gasteiger partial charge on any atom is 0.181 e. The molecule has 0 amide bonds. The largest absolute Gasteiger partial charge is 0.489 e. The van der Waals surface area contributed by atoms with Crippen molar-refractivity contribution in [1.29, 1.82) is 0 Å². The van der Waals surface area contributed by atoms with Gasteiger partial charge in [0.1, 0.15) is 28.8 Å². The molecular formula is C26H22N8OS. The molecule has 6 aromatic heterocycles. The van der Waals surface area contributed by atoms with E-state index in [1.165, 1.54) is 0 Å². The fourth-order valence-electron chi connectivity index (χ4n) is 4.63. The maximum absolute atomic E-state index is 6.20. The molecule has 0 spiro atoms. The van der Waals surface area contributed by atoms with E-state index in [4.69, 9.17) is 9.72 Å². The number of H-pyrrole nitrogens is 2. The standard InChI is InChI=1S/C26H22N8OS/c1-2-21(36-9-1)24-23-20(5-8-29-24)31-26(32-23)22-19-11-16(13-30-25(19)34-33-22)15-10-18(14-28-12-15)35-17-3-6-27-7-4-17/h1-2,5,8-14,17,27H,3-4,6-7H2,(H,31,32)(H,30,33,34). The number of aromatic nitrogens is 7. The number of thiophene rings is 1. The minimum Gasteiger partial charge on any atom is -0.489 e. The van der Waals surface area contributed by atoms with E-state index >= 15 is 0 Å². The number of nitrogens with zero attached hydrogens (tertiary/aromatic N) is 5. The first-order valence-electron chi connectivity index (χ1n) is 11.9. The van der Waals surface area contributed by atoms with Gasteiger partial charge in [-0.3, -0.25) is 15.1 Å². The van der Waals surface area contributed by atoms with Gasteiger partial charge in [-0.1, -0.05) is 6.07 Å². The zero-order chi connectivity index (χ0) is 23.9. The molecule has 36 heavy (non-hydrogen) atoms. The molecule has 6 aromatic rings. The van der Waals surface area contributed by atoms with Gasteiger partial charge >= 0.3 is 0 Å². The van der Waals surface area contributed by atoms with Crippen LogP contribution < -0.4 is 10.1 Å². The van der Waals surface area contributed by atoms with Crippen molar-refractivity contribution in [2.24, 2.45) is 0 Å². The summed E-state index contributed by atoms with van der Waals surface area (Å²) in [6.45, 7) is 1.96. The second-order valence-electron chi connectivity index (χ2n) is 8.79. The van der Waals surface area contributed by atoms with Crippen molar-refractivity contribution >= 4 is 33.4 Å². The molecule has 0 saturated carbocycles. The molecular weight excluding hydrogens is 472 g/mol. The molecule has 1 aliphatic heterocycles. The van der Waals surface area contributed by atoms with E-state index in [0.717, 1.165) is 75.5 Å². The van der Waals surface area contributed by atoms with Gasteiger partial charge in [-0.15, -0.1) is 11.3 Å². The van der Waals surface area contributed by atoms with Crippen molar-refractivity contribution < 1.29 is 4.74 Å². The Morgan fingerprint density at radius 1 is 1.00 bits per heavy atom. The van der Waals surface area contributed by atoms with E-state index in [9.17, 15) is 0 Å². The van der Waals surface area contributed by atoms with Gasteiger partial charge < -0.3 is 15.0 Å². The first kappa shape index (κ1) is 21.2. The Labute approximate surface area is 210 Å². The van der Waals surface area contributed by atoms with Gasteiger partial charge in [-0.25, -0.2) is 9.97 Å². The van der Waals surface area contributed by atoms with Gasteiger partial charge in [0, 0.05) is 29.7 Å². The molecule has 9 nitrogen and oxygen atoms in total. The Bertz CT molecular complexity index is 1670. The molecule has 0 aromatic carbocycles. The fraction of sp³-hybridized carbons (Fsp3) is 0.192. The molecule has 1 fully saturated rings. The molecule has 1 aliphatic rings. The average Bonchev–Trinajstić information content (AvgIpc) is 3.68. The van der Waals surface area contributed by atoms with Crippen LogP contribution >= 0.6 is 11.3 Å². The van der Waals surface area contributed by atoms with Gasteiger partial charge in [0.15, 0.2) is 11.5 Å². The minimum absolute atomic E-state index is 0.214. The summed E-state index contributed by atoms with van der Waals surface area (Å²) in [6, 6.07) is 10.1. The number of imidazole rings is 1. The van der Waals surface area contributed by atoms with Crippen molar-refractivity contribution in [3.8, 4) is 39.0 Å². The number of piperidine rings is 1. The van der Waals surface area contributed by atoms with Gasteiger partial charge in [0.2, 0.25) is 0 Å². The van der Waals surface area contributed by atoms with E-state index in [0.29, 0.717) is 11.5 Å². The highest BCUT2D eigenvalue weighted by Crippen LogP contribution is 2.33. The first-order chi connectivity index (χ1) is 17.8. The molecule has 10 heteroatoms. The first-order valence-corrected chi connectivity index (χ1v) is 12.8. The summed E-state index contributed by atoms with van der Waals surface area (Å²) >= 11 is 1.65. The monoisotopic (exact) mass is 494 g/mol. The van der Waals surface area contributed by atoms with Gasteiger partial charge in [-0.05, 0) is 55.6 Å². The van der Waals surface area contributed by atoms with Crippen molar-refractivity contribution in [3.63, 3.8) is 0 Å². The molecule has 0 atom stereocenters. The van der Waals surface area contributed by atoms with Crippen LogP contribution in [0.2, 0.25) is 0 Å². The summed E-state index contributed by atoms with van der Waals surface area (Å²) in [5.74, 6) is 1.47. The summed E-state index contributed by atoms with van der Waals surface area (Å²) in [6.07, 6.45) is 9.43. The Hall–Kier alpha value is -4.15. The van der Waals surface area contributed by atoms with E-state index in [1.807, 2.05) is 36.0 Å². The smallest absolute Gasteiger partial charge is 0.181 e. The lowest BCUT2D eigenvalue weighted by molar-refractivity contribution is 0.162. The number of hydrogen-bond donors (Lipinski definition) is 3. The lowest BCUT2D eigenvalue weighted by atomic mass is 10.1. The third-order valence-electron chi connectivity index (χ3n) is 6.44. The second kappa shape index (κ2) is 8.81. The van der Waals surface area contributed by atoms with E-state index in [2.05, 4.69) is 47.6 Å². The fourth-order valence-corrected chi connectivity index (χ4v) is 5.35. The van der Waals surface area contributed by atoms with E-state index in [-0.39, 0.29) is 6.10 Å². The van der Waals surface area contributed by atoms with Crippen LogP contribution in [0.15, 0.2) is 60.5 Å². The van der Waals surface area contributed by atoms with Crippen molar-refractivity contribution in [1.82, 2.24) is 40.4 Å². The Morgan fingerprint density at radius 2 is 1.92 bits per heavy atom. The summed E-state index contributed by atoms with van der Waals surface area (Å²) in [5, 5.41) is 13.8. The van der Waals surface area contributed by atoms with Crippen LogP contribution in [0.1, 0.15) is 12.8 Å². The molecule has 0 radical (unpaired) electrons. The summed E-state index contributed by atoms with van der Waals surface area (Å²) in [5.41, 5.74) is 5.89. The zero-order valence-corrected chi connectivity index (χ0v) is 20.0. The highest BCUT2D eigenvalue weighted by Gasteiger charge is 2.18. The molecule has 7 heterocycles. The van der Waals surface area contributed by atoms with Gasteiger partial charge in [0.05, 0.1) is 22.0 Å². The molecule has 0 unspecified atom stereocenters. The van der Waals surface area contributed by atoms with Crippen LogP contribution in [-0.2, 0) is 0 Å². The molecule has 3 N–H and O–H groups in total. The van der Waals surface area contributed by atoms with Crippen LogP contribution in [0.4, 0.5) is 0 Å². The summed E-state index contributed by atoms with van der Waals surface area (Å²) < 4.78 is 6.20. The highest BCUT2D eigenvalue weighted by molar-refractivity contribution is 7.13. The topological polar surface area (TPSA) is 117 Å². The predicted molar refractivity (Wildman–Crippen MR) is 140 cm³/mol. The number of aromatic amines is 2. The van der Waals surface area contributed by atoms with Gasteiger partial charge in [0.25, 0.3) is 0 Å².